The van der Waals surface area contributed by atoms with Crippen LogP contribution in [0.4, 0.5) is 0 Å². The normalized spacial score (nSPS) is 14.6. The first-order valence-corrected chi connectivity index (χ1v) is 6.60. The van der Waals surface area contributed by atoms with E-state index in [1.54, 1.807) is 7.11 Å². The van der Waals surface area contributed by atoms with Crippen molar-refractivity contribution in [3.05, 3.63) is 35.5 Å². The Morgan fingerprint density at radius 2 is 2.21 bits per heavy atom. The van der Waals surface area contributed by atoms with Crippen molar-refractivity contribution >= 4 is 0 Å². The van der Waals surface area contributed by atoms with Crippen LogP contribution in [0.15, 0.2) is 28.8 Å². The molecule has 4 nitrogen and oxygen atoms in total. The molecule has 0 aliphatic heterocycles. The van der Waals surface area contributed by atoms with Gasteiger partial charge in [-0.25, -0.2) is 0 Å². The molecule has 0 saturated heterocycles. The standard InChI is InChI=1S/C15H18N2O2/c1-10-3-6-14(18-2)13(7-10)15-8-12(17-19-15)9-16-11-4-5-11/h3,6-8,11,16H,4-5,9H2,1-2H3. The van der Waals surface area contributed by atoms with E-state index in [9.17, 15) is 0 Å². The highest BCUT2D eigenvalue weighted by Gasteiger charge is 2.21. The van der Waals surface area contributed by atoms with Gasteiger partial charge in [0.15, 0.2) is 5.76 Å². The number of hydrogen-bond donors (Lipinski definition) is 1. The maximum absolute atomic E-state index is 5.43. The number of aryl methyl sites for hydroxylation is 1. The number of benzene rings is 1. The van der Waals surface area contributed by atoms with Crippen LogP contribution in [0.2, 0.25) is 0 Å². The van der Waals surface area contributed by atoms with Crippen LogP contribution in [-0.4, -0.2) is 18.3 Å². The molecule has 1 saturated carbocycles. The van der Waals surface area contributed by atoms with Crippen LogP contribution < -0.4 is 10.1 Å². The summed E-state index contributed by atoms with van der Waals surface area (Å²) in [5, 5.41) is 7.53. The van der Waals surface area contributed by atoms with Crippen molar-refractivity contribution in [2.45, 2.75) is 32.4 Å². The van der Waals surface area contributed by atoms with Gasteiger partial charge in [-0.1, -0.05) is 16.8 Å². The molecule has 0 atom stereocenters. The molecule has 1 aliphatic carbocycles. The summed E-state index contributed by atoms with van der Waals surface area (Å²) < 4.78 is 10.8. The summed E-state index contributed by atoms with van der Waals surface area (Å²) in [5.74, 6) is 1.57. The molecule has 1 heterocycles. The van der Waals surface area contributed by atoms with Gasteiger partial charge in [-0.05, 0) is 31.9 Å². The Hall–Kier alpha value is -1.81. The molecule has 0 amide bonds. The molecule has 3 rings (SSSR count). The van der Waals surface area contributed by atoms with Gasteiger partial charge >= 0.3 is 0 Å². The predicted molar refractivity (Wildman–Crippen MR) is 73.1 cm³/mol. The number of ether oxygens (including phenoxy) is 1. The molecule has 4 heteroatoms. The second kappa shape index (κ2) is 5.05. The first-order chi connectivity index (χ1) is 9.26. The fourth-order valence-corrected chi connectivity index (χ4v) is 2.07. The van der Waals surface area contributed by atoms with Gasteiger partial charge in [-0.15, -0.1) is 0 Å². The van der Waals surface area contributed by atoms with Gasteiger partial charge in [0.25, 0.3) is 0 Å². The van der Waals surface area contributed by atoms with Gasteiger partial charge < -0.3 is 14.6 Å². The van der Waals surface area contributed by atoms with Gasteiger partial charge in [0.2, 0.25) is 0 Å². The van der Waals surface area contributed by atoms with E-state index < -0.39 is 0 Å². The van der Waals surface area contributed by atoms with E-state index in [1.165, 1.54) is 18.4 Å². The molecule has 0 bridgehead atoms. The molecule has 1 aromatic carbocycles. The number of rotatable bonds is 5. The van der Waals surface area contributed by atoms with Crippen molar-refractivity contribution in [2.24, 2.45) is 0 Å². The molecule has 0 unspecified atom stereocenters. The summed E-state index contributed by atoms with van der Waals surface area (Å²) in [5.41, 5.74) is 3.06. The lowest BCUT2D eigenvalue weighted by atomic mass is 10.1. The maximum Gasteiger partial charge on any atom is 0.170 e. The number of nitrogens with one attached hydrogen (secondary N) is 1. The molecule has 2 aromatic rings. The van der Waals surface area contributed by atoms with Crippen molar-refractivity contribution in [3.63, 3.8) is 0 Å². The highest BCUT2D eigenvalue weighted by atomic mass is 16.5. The molecule has 0 radical (unpaired) electrons. The number of nitrogens with zero attached hydrogens (tertiary/aromatic N) is 1. The first kappa shape index (κ1) is 12.2. The van der Waals surface area contributed by atoms with E-state index in [0.29, 0.717) is 6.04 Å². The van der Waals surface area contributed by atoms with Crippen LogP contribution in [0.25, 0.3) is 11.3 Å². The third-order valence-electron chi connectivity index (χ3n) is 3.33. The van der Waals surface area contributed by atoms with E-state index in [0.717, 1.165) is 29.3 Å². The summed E-state index contributed by atoms with van der Waals surface area (Å²) in [6.45, 7) is 2.82. The molecule has 100 valence electrons. The van der Waals surface area contributed by atoms with Gasteiger partial charge in [0.05, 0.1) is 18.4 Å². The molecule has 1 aliphatic rings. The Morgan fingerprint density at radius 3 is 2.95 bits per heavy atom. The Labute approximate surface area is 112 Å². The number of aromatic nitrogens is 1. The quantitative estimate of drug-likeness (QED) is 0.895. The molecule has 0 spiro atoms. The summed E-state index contributed by atoms with van der Waals surface area (Å²) in [6.07, 6.45) is 2.55. The molecular formula is C15H18N2O2. The molecule has 1 fully saturated rings. The van der Waals surface area contributed by atoms with E-state index in [2.05, 4.69) is 23.5 Å². The third kappa shape index (κ3) is 2.79. The fourth-order valence-electron chi connectivity index (χ4n) is 2.07. The van der Waals surface area contributed by atoms with E-state index >= 15 is 0 Å². The highest BCUT2D eigenvalue weighted by Crippen LogP contribution is 2.31. The van der Waals surface area contributed by atoms with Crippen molar-refractivity contribution in [3.8, 4) is 17.1 Å². The fraction of sp³-hybridized carbons (Fsp3) is 0.400. The van der Waals surface area contributed by atoms with Crippen LogP contribution in [0.3, 0.4) is 0 Å². The topological polar surface area (TPSA) is 47.3 Å². The summed E-state index contributed by atoms with van der Waals surface area (Å²) >= 11 is 0. The molecule has 19 heavy (non-hydrogen) atoms. The van der Waals surface area contributed by atoms with Gasteiger partial charge in [-0.3, -0.25) is 0 Å². The van der Waals surface area contributed by atoms with Crippen molar-refractivity contribution in [1.29, 1.82) is 0 Å². The van der Waals surface area contributed by atoms with E-state index in [-0.39, 0.29) is 0 Å². The average Bonchev–Trinajstić information content (AvgIpc) is 3.13. The van der Waals surface area contributed by atoms with E-state index in [4.69, 9.17) is 9.26 Å². The SMILES string of the molecule is COc1ccc(C)cc1-c1cc(CNC2CC2)no1. The van der Waals surface area contributed by atoms with Crippen LogP contribution >= 0.6 is 0 Å². The van der Waals surface area contributed by atoms with Gasteiger partial charge in [0.1, 0.15) is 5.75 Å². The Balaban J connectivity index is 1.82. The lowest BCUT2D eigenvalue weighted by molar-refractivity contribution is 0.402. The Bertz CT molecular complexity index is 573. The lowest BCUT2D eigenvalue weighted by Gasteiger charge is -2.05. The summed E-state index contributed by atoms with van der Waals surface area (Å²) in [6, 6.07) is 8.68. The zero-order chi connectivity index (χ0) is 13.2. The number of hydrogen-bond acceptors (Lipinski definition) is 4. The maximum atomic E-state index is 5.43. The number of methoxy groups -OCH3 is 1. The lowest BCUT2D eigenvalue weighted by Crippen LogP contribution is -2.15. The average molecular weight is 258 g/mol. The van der Waals surface area contributed by atoms with Crippen LogP contribution in [0.5, 0.6) is 5.75 Å². The van der Waals surface area contributed by atoms with Crippen LogP contribution in [-0.2, 0) is 6.54 Å². The van der Waals surface area contributed by atoms with E-state index in [1.807, 2.05) is 18.2 Å². The minimum Gasteiger partial charge on any atom is -0.496 e. The predicted octanol–water partition coefficient (Wildman–Crippen LogP) is 2.91. The van der Waals surface area contributed by atoms with Gasteiger partial charge in [-0.2, -0.15) is 0 Å². The second-order valence-corrected chi connectivity index (χ2v) is 5.04. The van der Waals surface area contributed by atoms with Crippen molar-refractivity contribution < 1.29 is 9.26 Å². The minimum atomic E-state index is 0.675. The largest absolute Gasteiger partial charge is 0.496 e. The molecular weight excluding hydrogens is 240 g/mol. The van der Waals surface area contributed by atoms with Crippen LogP contribution in [0, 0.1) is 6.92 Å². The zero-order valence-electron chi connectivity index (χ0n) is 11.3. The second-order valence-electron chi connectivity index (χ2n) is 5.04. The van der Waals surface area contributed by atoms with Gasteiger partial charge in [0, 0.05) is 18.7 Å². The first-order valence-electron chi connectivity index (χ1n) is 6.60. The van der Waals surface area contributed by atoms with Crippen molar-refractivity contribution in [1.82, 2.24) is 10.5 Å². The highest BCUT2D eigenvalue weighted by molar-refractivity contribution is 5.66. The monoisotopic (exact) mass is 258 g/mol. The summed E-state index contributed by atoms with van der Waals surface area (Å²) in [7, 11) is 1.67. The summed E-state index contributed by atoms with van der Waals surface area (Å²) in [4.78, 5) is 0. The molecule has 1 aromatic heterocycles. The third-order valence-corrected chi connectivity index (χ3v) is 3.33. The smallest absolute Gasteiger partial charge is 0.170 e. The van der Waals surface area contributed by atoms with Crippen molar-refractivity contribution in [2.75, 3.05) is 7.11 Å². The van der Waals surface area contributed by atoms with Crippen LogP contribution in [0.1, 0.15) is 24.1 Å². The molecule has 1 N–H and O–H groups in total. The minimum absolute atomic E-state index is 0.675. The Morgan fingerprint density at radius 1 is 1.37 bits per heavy atom. The zero-order valence-corrected chi connectivity index (χ0v) is 11.3. The Kier molecular flexibility index (Phi) is 3.25.